The highest BCUT2D eigenvalue weighted by Gasteiger charge is 2.15. The van der Waals surface area contributed by atoms with Gasteiger partial charge < -0.3 is 9.84 Å². The summed E-state index contributed by atoms with van der Waals surface area (Å²) in [5, 5.41) is 9.11. The van der Waals surface area contributed by atoms with E-state index in [2.05, 4.69) is 0 Å². The van der Waals surface area contributed by atoms with E-state index in [1.807, 2.05) is 12.1 Å². The van der Waals surface area contributed by atoms with Gasteiger partial charge in [0.2, 0.25) is 0 Å². The average Bonchev–Trinajstić information content (AvgIpc) is 2.20. The zero-order valence-corrected chi connectivity index (χ0v) is 7.57. The van der Waals surface area contributed by atoms with E-state index in [-0.39, 0.29) is 6.10 Å². The van der Waals surface area contributed by atoms with Crippen LogP contribution in [0.1, 0.15) is 30.9 Å². The van der Waals surface area contributed by atoms with E-state index in [1.165, 1.54) is 18.4 Å². The van der Waals surface area contributed by atoms with Gasteiger partial charge in [0.05, 0.1) is 6.10 Å². The maximum absolute atomic E-state index is 9.11. The Balaban J connectivity index is 2.10. The van der Waals surface area contributed by atoms with Gasteiger partial charge >= 0.3 is 0 Å². The van der Waals surface area contributed by atoms with E-state index < -0.39 is 0 Å². The molecule has 1 atom stereocenters. The van der Waals surface area contributed by atoms with Gasteiger partial charge in [-0.2, -0.15) is 0 Å². The molecule has 2 nitrogen and oxygen atoms in total. The molecule has 2 heteroatoms. The normalized spacial score (nSPS) is 22.9. The lowest BCUT2D eigenvalue weighted by atomic mass is 10.0. The SMILES string of the molecule is Oc1ccc(C2CCCCO2)cc1. The fourth-order valence-corrected chi connectivity index (χ4v) is 1.69. The van der Waals surface area contributed by atoms with Crippen LogP contribution in [0, 0.1) is 0 Å². The van der Waals surface area contributed by atoms with Crippen molar-refractivity contribution in [1.82, 2.24) is 0 Å². The lowest BCUT2D eigenvalue weighted by Gasteiger charge is -2.22. The highest BCUT2D eigenvalue weighted by atomic mass is 16.5. The molecule has 1 heterocycles. The number of hydrogen-bond donors (Lipinski definition) is 1. The summed E-state index contributed by atoms with van der Waals surface area (Å²) in [6.45, 7) is 0.867. The maximum atomic E-state index is 9.11. The van der Waals surface area contributed by atoms with Crippen LogP contribution in [0.2, 0.25) is 0 Å². The number of hydrogen-bond acceptors (Lipinski definition) is 2. The first-order chi connectivity index (χ1) is 6.36. The Kier molecular flexibility index (Phi) is 2.50. The quantitative estimate of drug-likeness (QED) is 0.716. The summed E-state index contributed by atoms with van der Waals surface area (Å²) < 4.78 is 5.62. The van der Waals surface area contributed by atoms with Crippen LogP contribution in [0.5, 0.6) is 5.75 Å². The molecular formula is C11H14O2. The topological polar surface area (TPSA) is 29.5 Å². The second-order valence-corrected chi connectivity index (χ2v) is 3.45. The molecule has 1 unspecified atom stereocenters. The first kappa shape index (κ1) is 8.57. The third kappa shape index (κ3) is 2.01. The van der Waals surface area contributed by atoms with Gasteiger partial charge in [-0.3, -0.25) is 0 Å². The van der Waals surface area contributed by atoms with Crippen molar-refractivity contribution in [3.8, 4) is 5.75 Å². The third-order valence-corrected chi connectivity index (χ3v) is 2.44. The molecule has 0 amide bonds. The van der Waals surface area contributed by atoms with Gasteiger partial charge in [0.1, 0.15) is 5.75 Å². The van der Waals surface area contributed by atoms with Crippen LogP contribution in [0.4, 0.5) is 0 Å². The Morgan fingerprint density at radius 2 is 1.92 bits per heavy atom. The molecular weight excluding hydrogens is 164 g/mol. The zero-order chi connectivity index (χ0) is 9.10. The number of aromatic hydroxyl groups is 1. The smallest absolute Gasteiger partial charge is 0.115 e. The Morgan fingerprint density at radius 3 is 2.54 bits per heavy atom. The summed E-state index contributed by atoms with van der Waals surface area (Å²) in [6, 6.07) is 7.30. The van der Waals surface area contributed by atoms with Crippen molar-refractivity contribution >= 4 is 0 Å². The van der Waals surface area contributed by atoms with Crippen LogP contribution in [-0.4, -0.2) is 11.7 Å². The van der Waals surface area contributed by atoms with Crippen molar-refractivity contribution < 1.29 is 9.84 Å². The number of rotatable bonds is 1. The second-order valence-electron chi connectivity index (χ2n) is 3.45. The molecule has 0 radical (unpaired) electrons. The van der Waals surface area contributed by atoms with Crippen molar-refractivity contribution in [3.05, 3.63) is 29.8 Å². The van der Waals surface area contributed by atoms with Crippen molar-refractivity contribution in [2.75, 3.05) is 6.61 Å². The summed E-state index contributed by atoms with van der Waals surface area (Å²) in [5.41, 5.74) is 1.18. The van der Waals surface area contributed by atoms with E-state index in [9.17, 15) is 0 Å². The van der Waals surface area contributed by atoms with E-state index in [0.29, 0.717) is 5.75 Å². The summed E-state index contributed by atoms with van der Waals surface area (Å²) in [7, 11) is 0. The molecule has 0 saturated carbocycles. The Bertz CT molecular complexity index is 260. The molecule has 1 saturated heterocycles. The molecule has 1 N–H and O–H groups in total. The van der Waals surface area contributed by atoms with Gasteiger partial charge in [-0.1, -0.05) is 12.1 Å². The van der Waals surface area contributed by atoms with Crippen LogP contribution in [0.15, 0.2) is 24.3 Å². The highest BCUT2D eigenvalue weighted by molar-refractivity contribution is 5.27. The van der Waals surface area contributed by atoms with Crippen molar-refractivity contribution in [2.45, 2.75) is 25.4 Å². The monoisotopic (exact) mass is 178 g/mol. The summed E-state index contributed by atoms with van der Waals surface area (Å²) in [4.78, 5) is 0. The van der Waals surface area contributed by atoms with Gasteiger partial charge in [-0.05, 0) is 37.0 Å². The lowest BCUT2D eigenvalue weighted by Crippen LogP contribution is -2.11. The zero-order valence-electron chi connectivity index (χ0n) is 7.57. The van der Waals surface area contributed by atoms with Gasteiger partial charge in [0.25, 0.3) is 0 Å². The first-order valence-electron chi connectivity index (χ1n) is 4.77. The fraction of sp³-hybridized carbons (Fsp3) is 0.455. The minimum Gasteiger partial charge on any atom is -0.508 e. The molecule has 1 aromatic carbocycles. The molecule has 70 valence electrons. The number of phenolic OH excluding ortho intramolecular Hbond substituents is 1. The standard InChI is InChI=1S/C11H14O2/c12-10-6-4-9(5-7-10)11-3-1-2-8-13-11/h4-7,11-12H,1-3,8H2. The van der Waals surface area contributed by atoms with Crippen molar-refractivity contribution in [1.29, 1.82) is 0 Å². The summed E-state index contributed by atoms with van der Waals surface area (Å²) in [5.74, 6) is 0.319. The molecule has 1 aliphatic rings. The summed E-state index contributed by atoms with van der Waals surface area (Å²) >= 11 is 0. The largest absolute Gasteiger partial charge is 0.508 e. The van der Waals surface area contributed by atoms with E-state index in [0.717, 1.165) is 13.0 Å². The van der Waals surface area contributed by atoms with E-state index in [4.69, 9.17) is 9.84 Å². The predicted octanol–water partition coefficient (Wildman–Crippen LogP) is 2.63. The minimum absolute atomic E-state index is 0.245. The van der Waals surface area contributed by atoms with Crippen LogP contribution in [-0.2, 0) is 4.74 Å². The minimum atomic E-state index is 0.245. The molecule has 1 aromatic rings. The number of ether oxygens (including phenoxy) is 1. The number of phenols is 1. The summed E-state index contributed by atoms with van der Waals surface area (Å²) in [6.07, 6.45) is 3.76. The van der Waals surface area contributed by atoms with Crippen molar-refractivity contribution in [2.24, 2.45) is 0 Å². The average molecular weight is 178 g/mol. The highest BCUT2D eigenvalue weighted by Crippen LogP contribution is 2.28. The van der Waals surface area contributed by atoms with Gasteiger partial charge in [-0.25, -0.2) is 0 Å². The molecule has 1 fully saturated rings. The molecule has 0 aromatic heterocycles. The van der Waals surface area contributed by atoms with E-state index in [1.54, 1.807) is 12.1 Å². The van der Waals surface area contributed by atoms with Crippen LogP contribution < -0.4 is 0 Å². The Hall–Kier alpha value is -1.02. The second kappa shape index (κ2) is 3.79. The molecule has 1 aliphatic heterocycles. The van der Waals surface area contributed by atoms with Gasteiger partial charge in [-0.15, -0.1) is 0 Å². The molecule has 2 rings (SSSR count). The fourth-order valence-electron chi connectivity index (χ4n) is 1.69. The molecule has 13 heavy (non-hydrogen) atoms. The lowest BCUT2D eigenvalue weighted by molar-refractivity contribution is 0.0149. The molecule has 0 spiro atoms. The molecule has 0 bridgehead atoms. The third-order valence-electron chi connectivity index (χ3n) is 2.44. The first-order valence-corrected chi connectivity index (χ1v) is 4.77. The van der Waals surface area contributed by atoms with Gasteiger partial charge in [0, 0.05) is 6.61 Å². The van der Waals surface area contributed by atoms with Crippen LogP contribution >= 0.6 is 0 Å². The maximum Gasteiger partial charge on any atom is 0.115 e. The van der Waals surface area contributed by atoms with Crippen LogP contribution in [0.25, 0.3) is 0 Å². The van der Waals surface area contributed by atoms with Crippen LogP contribution in [0.3, 0.4) is 0 Å². The Morgan fingerprint density at radius 1 is 1.15 bits per heavy atom. The number of benzene rings is 1. The molecule has 0 aliphatic carbocycles. The Labute approximate surface area is 78.2 Å². The predicted molar refractivity (Wildman–Crippen MR) is 50.7 cm³/mol. The van der Waals surface area contributed by atoms with Gasteiger partial charge in [0.15, 0.2) is 0 Å². The van der Waals surface area contributed by atoms with E-state index >= 15 is 0 Å². The van der Waals surface area contributed by atoms with Crippen molar-refractivity contribution in [3.63, 3.8) is 0 Å².